The molecule has 1 aliphatic carbocycles. The van der Waals surface area contributed by atoms with Crippen molar-refractivity contribution in [3.05, 3.63) is 0 Å². The Kier molecular flexibility index (Phi) is 3.19. The van der Waals surface area contributed by atoms with Crippen molar-refractivity contribution in [1.82, 2.24) is 4.90 Å². The zero-order valence-corrected chi connectivity index (χ0v) is 10.3. The fraction of sp³-hybridized carbons (Fsp3) is 0.889. The Morgan fingerprint density at radius 2 is 2.38 bits per heavy atom. The molecule has 1 aliphatic heterocycles. The van der Waals surface area contributed by atoms with Crippen molar-refractivity contribution in [3.8, 4) is 0 Å². The Hall–Kier alpha value is 0.300. The van der Waals surface area contributed by atoms with Gasteiger partial charge < -0.3 is 4.90 Å². The first-order valence-corrected chi connectivity index (χ1v) is 6.78. The van der Waals surface area contributed by atoms with E-state index < -0.39 is 0 Å². The highest BCUT2D eigenvalue weighted by molar-refractivity contribution is 9.09. The molecule has 2 rings (SSSR count). The first kappa shape index (κ1) is 9.84. The molecule has 0 bridgehead atoms. The van der Waals surface area contributed by atoms with Crippen LogP contribution in [0.5, 0.6) is 0 Å². The van der Waals surface area contributed by atoms with E-state index >= 15 is 0 Å². The molecular formula is C9H15BrN2S. The molecule has 0 spiro atoms. The van der Waals surface area contributed by atoms with Crippen molar-refractivity contribution in [2.24, 2.45) is 10.9 Å². The van der Waals surface area contributed by atoms with Crippen molar-refractivity contribution in [1.29, 1.82) is 0 Å². The summed E-state index contributed by atoms with van der Waals surface area (Å²) in [5.74, 6) is 0.955. The molecule has 0 radical (unpaired) electrons. The lowest BCUT2D eigenvalue weighted by Gasteiger charge is -2.18. The van der Waals surface area contributed by atoms with Gasteiger partial charge in [0, 0.05) is 24.2 Å². The lowest BCUT2D eigenvalue weighted by atomic mass is 10.4. The third kappa shape index (κ3) is 2.62. The van der Waals surface area contributed by atoms with Crippen molar-refractivity contribution >= 4 is 32.9 Å². The number of hydrogen-bond acceptors (Lipinski definition) is 3. The van der Waals surface area contributed by atoms with Crippen molar-refractivity contribution in [3.63, 3.8) is 0 Å². The maximum Gasteiger partial charge on any atom is 0.159 e. The average Bonchev–Trinajstić information content (AvgIpc) is 2.82. The Bertz CT molecular complexity index is 216. The summed E-state index contributed by atoms with van der Waals surface area (Å²) in [6.45, 7) is 2.20. The molecule has 0 saturated heterocycles. The van der Waals surface area contributed by atoms with Crippen LogP contribution in [0.1, 0.15) is 12.8 Å². The number of aliphatic imine (C=N–C) groups is 1. The number of rotatable bonds is 3. The molecule has 0 aromatic carbocycles. The largest absolute Gasteiger partial charge is 0.354 e. The number of amidine groups is 1. The molecule has 1 atom stereocenters. The first-order chi connectivity index (χ1) is 6.29. The molecule has 1 fully saturated rings. The molecule has 1 unspecified atom stereocenters. The van der Waals surface area contributed by atoms with Gasteiger partial charge in [-0.3, -0.25) is 4.99 Å². The number of halogens is 1. The van der Waals surface area contributed by atoms with Gasteiger partial charge in [-0.2, -0.15) is 0 Å². The predicted molar refractivity (Wildman–Crippen MR) is 62.8 cm³/mol. The van der Waals surface area contributed by atoms with E-state index in [2.05, 4.69) is 32.9 Å². The summed E-state index contributed by atoms with van der Waals surface area (Å²) in [6.07, 6.45) is 2.84. The van der Waals surface area contributed by atoms with Crippen molar-refractivity contribution < 1.29 is 0 Å². The molecule has 1 heterocycles. The Labute approximate surface area is 92.3 Å². The van der Waals surface area contributed by atoms with Crippen molar-refractivity contribution in [2.75, 3.05) is 25.5 Å². The van der Waals surface area contributed by atoms with Crippen LogP contribution < -0.4 is 0 Å². The minimum atomic E-state index is 0.664. The van der Waals surface area contributed by atoms with Crippen molar-refractivity contribution in [2.45, 2.75) is 18.1 Å². The Morgan fingerprint density at radius 3 is 2.92 bits per heavy atom. The van der Waals surface area contributed by atoms with Crippen LogP contribution in [0, 0.1) is 5.92 Å². The van der Waals surface area contributed by atoms with E-state index in [0.717, 1.165) is 17.8 Å². The zero-order valence-electron chi connectivity index (χ0n) is 7.87. The number of nitrogens with zero attached hydrogens (tertiary/aromatic N) is 2. The standard InChI is InChI=1S/C9H15BrN2S/c1-12(6-7-2-3-7)9-11-5-8(4-10)13-9/h7-8H,2-6H2,1H3. The topological polar surface area (TPSA) is 15.6 Å². The van der Waals surface area contributed by atoms with Gasteiger partial charge in [-0.25, -0.2) is 0 Å². The van der Waals surface area contributed by atoms with Crippen LogP contribution in [0.3, 0.4) is 0 Å². The fourth-order valence-corrected chi connectivity index (χ4v) is 2.98. The van der Waals surface area contributed by atoms with Gasteiger partial charge in [0.1, 0.15) is 0 Å². The maximum atomic E-state index is 4.54. The second-order valence-corrected chi connectivity index (χ2v) is 5.76. The molecule has 1 saturated carbocycles. The quantitative estimate of drug-likeness (QED) is 0.725. The highest BCUT2D eigenvalue weighted by Crippen LogP contribution is 2.31. The minimum absolute atomic E-state index is 0.664. The molecule has 0 aromatic rings. The lowest BCUT2D eigenvalue weighted by Crippen LogP contribution is -2.25. The maximum absolute atomic E-state index is 4.54. The third-order valence-electron chi connectivity index (χ3n) is 2.43. The van der Waals surface area contributed by atoms with Gasteiger partial charge in [0.25, 0.3) is 0 Å². The van der Waals surface area contributed by atoms with E-state index in [1.165, 1.54) is 24.6 Å². The Morgan fingerprint density at radius 1 is 1.62 bits per heavy atom. The van der Waals surface area contributed by atoms with Crippen LogP contribution in [0.25, 0.3) is 0 Å². The van der Waals surface area contributed by atoms with Crippen LogP contribution in [-0.2, 0) is 0 Å². The molecule has 0 N–H and O–H groups in total. The molecule has 74 valence electrons. The second kappa shape index (κ2) is 4.22. The molecule has 2 aliphatic rings. The molecule has 4 heteroatoms. The summed E-state index contributed by atoms with van der Waals surface area (Å²) in [4.78, 5) is 6.87. The van der Waals surface area contributed by atoms with E-state index in [1.54, 1.807) is 0 Å². The normalized spacial score (nSPS) is 27.5. The summed E-state index contributed by atoms with van der Waals surface area (Å²) in [7, 11) is 2.17. The molecule has 0 aromatic heterocycles. The predicted octanol–water partition coefficient (Wildman–Crippen LogP) is 2.19. The van der Waals surface area contributed by atoms with E-state index in [9.17, 15) is 0 Å². The van der Waals surface area contributed by atoms with Gasteiger partial charge in [-0.15, -0.1) is 0 Å². The third-order valence-corrected chi connectivity index (χ3v) is 4.94. The fourth-order valence-electron chi connectivity index (χ4n) is 1.46. The van der Waals surface area contributed by atoms with E-state index in [-0.39, 0.29) is 0 Å². The summed E-state index contributed by atoms with van der Waals surface area (Å²) in [5, 5.41) is 2.97. The van der Waals surface area contributed by atoms with Crippen LogP contribution in [0.15, 0.2) is 4.99 Å². The summed E-state index contributed by atoms with van der Waals surface area (Å²) < 4.78 is 0. The van der Waals surface area contributed by atoms with Crippen LogP contribution in [-0.4, -0.2) is 40.8 Å². The van der Waals surface area contributed by atoms with Gasteiger partial charge in [0.15, 0.2) is 5.17 Å². The van der Waals surface area contributed by atoms with Gasteiger partial charge in [0.2, 0.25) is 0 Å². The van der Waals surface area contributed by atoms with E-state index in [1.807, 2.05) is 11.8 Å². The van der Waals surface area contributed by atoms with Gasteiger partial charge in [-0.05, 0) is 18.8 Å². The van der Waals surface area contributed by atoms with Crippen LogP contribution in [0.4, 0.5) is 0 Å². The van der Waals surface area contributed by atoms with E-state index in [0.29, 0.717) is 5.25 Å². The summed E-state index contributed by atoms with van der Waals surface area (Å²) in [6, 6.07) is 0. The van der Waals surface area contributed by atoms with Gasteiger partial charge >= 0.3 is 0 Å². The van der Waals surface area contributed by atoms with Gasteiger partial charge in [-0.1, -0.05) is 27.7 Å². The second-order valence-electron chi connectivity index (χ2n) is 3.84. The van der Waals surface area contributed by atoms with Crippen LogP contribution in [0.2, 0.25) is 0 Å². The Balaban J connectivity index is 1.79. The highest BCUT2D eigenvalue weighted by Gasteiger charge is 2.27. The summed E-state index contributed by atoms with van der Waals surface area (Å²) >= 11 is 5.42. The molecule has 2 nitrogen and oxygen atoms in total. The number of thioether (sulfide) groups is 1. The van der Waals surface area contributed by atoms with Gasteiger partial charge in [0.05, 0.1) is 6.54 Å². The lowest BCUT2D eigenvalue weighted by molar-refractivity contribution is 0.483. The first-order valence-electron chi connectivity index (χ1n) is 4.78. The summed E-state index contributed by atoms with van der Waals surface area (Å²) in [5.41, 5.74) is 0. The van der Waals surface area contributed by atoms with Crippen LogP contribution >= 0.6 is 27.7 Å². The number of hydrogen-bond donors (Lipinski definition) is 0. The van der Waals surface area contributed by atoms with E-state index in [4.69, 9.17) is 0 Å². The number of alkyl halides is 1. The zero-order chi connectivity index (χ0) is 9.26. The smallest absolute Gasteiger partial charge is 0.159 e. The molecule has 0 amide bonds. The SMILES string of the molecule is CN(CC1CC1)C1=NCC(CBr)S1. The molecular weight excluding hydrogens is 248 g/mol. The monoisotopic (exact) mass is 262 g/mol. The highest BCUT2D eigenvalue weighted by atomic mass is 79.9. The molecule has 13 heavy (non-hydrogen) atoms. The minimum Gasteiger partial charge on any atom is -0.354 e. The average molecular weight is 263 g/mol.